The quantitative estimate of drug-likeness (QED) is 0.648. The Morgan fingerprint density at radius 1 is 1.38 bits per heavy atom. The van der Waals surface area contributed by atoms with E-state index in [0.717, 1.165) is 5.56 Å². The molecule has 13 heavy (non-hydrogen) atoms. The molecule has 66 valence electrons. The molecule has 0 amide bonds. The Labute approximate surface area is 79.4 Å². The van der Waals surface area contributed by atoms with Gasteiger partial charge in [0.2, 0.25) is 0 Å². The smallest absolute Gasteiger partial charge is 0.152 e. The Morgan fingerprint density at radius 3 is 2.92 bits per heavy atom. The van der Waals surface area contributed by atoms with Gasteiger partial charge in [0.25, 0.3) is 0 Å². The number of halogens is 2. The van der Waals surface area contributed by atoms with E-state index in [2.05, 4.69) is 10.2 Å². The average molecular weight is 197 g/mol. The molecule has 0 saturated heterocycles. The van der Waals surface area contributed by atoms with Gasteiger partial charge in [-0.05, 0) is 24.6 Å². The minimum absolute atomic E-state index is 0.268. The number of nitrogens with zero attached hydrogens (tertiary/aromatic N) is 2. The van der Waals surface area contributed by atoms with E-state index in [1.165, 1.54) is 6.07 Å². The first-order chi connectivity index (χ1) is 6.18. The second-order valence-electron chi connectivity index (χ2n) is 2.81. The number of rotatable bonds is 0. The average Bonchev–Trinajstić information content (AvgIpc) is 2.07. The van der Waals surface area contributed by atoms with E-state index in [9.17, 15) is 4.39 Å². The van der Waals surface area contributed by atoms with Crippen molar-refractivity contribution in [3.63, 3.8) is 0 Å². The van der Waals surface area contributed by atoms with Crippen molar-refractivity contribution in [2.24, 2.45) is 0 Å². The van der Waals surface area contributed by atoms with Crippen LogP contribution in [-0.2, 0) is 0 Å². The lowest BCUT2D eigenvalue weighted by Crippen LogP contribution is -1.90. The van der Waals surface area contributed by atoms with Crippen LogP contribution in [-0.4, -0.2) is 10.2 Å². The predicted octanol–water partition coefficient (Wildman–Crippen LogP) is 2.73. The third-order valence-corrected chi connectivity index (χ3v) is 2.08. The van der Waals surface area contributed by atoms with Gasteiger partial charge < -0.3 is 0 Å². The second-order valence-corrected chi connectivity index (χ2v) is 3.25. The normalized spacial score (nSPS) is 10.7. The Kier molecular flexibility index (Phi) is 1.88. The lowest BCUT2D eigenvalue weighted by molar-refractivity contribution is 0.635. The molecule has 0 aliphatic carbocycles. The molecule has 2 rings (SSSR count). The van der Waals surface area contributed by atoms with E-state index in [1.54, 1.807) is 12.3 Å². The number of fused-ring (bicyclic) bond motifs is 1. The Balaban J connectivity index is 2.94. The lowest BCUT2D eigenvalue weighted by Gasteiger charge is -2.01. The van der Waals surface area contributed by atoms with Gasteiger partial charge in [-0.15, -0.1) is 5.10 Å². The minimum atomic E-state index is -0.432. The van der Waals surface area contributed by atoms with E-state index in [4.69, 9.17) is 11.6 Å². The van der Waals surface area contributed by atoms with Crippen LogP contribution >= 0.6 is 11.6 Å². The zero-order valence-electron chi connectivity index (χ0n) is 6.88. The summed E-state index contributed by atoms with van der Waals surface area (Å²) in [6.07, 6.45) is 1.58. The lowest BCUT2D eigenvalue weighted by atomic mass is 10.1. The molecule has 0 aliphatic heterocycles. The molecule has 0 saturated carbocycles. The molecular formula is C9H6ClFN2. The Hall–Kier alpha value is -1.22. The molecule has 1 aromatic carbocycles. The summed E-state index contributed by atoms with van der Waals surface area (Å²) in [5.41, 5.74) is 1.14. The first kappa shape index (κ1) is 8.38. The zero-order chi connectivity index (χ0) is 9.42. The standard InChI is InChI=1S/C9H6ClFN2/c1-5-4-12-13-9-7(5)2-6(10)3-8(9)11/h2-4H,1H3. The van der Waals surface area contributed by atoms with Gasteiger partial charge in [-0.1, -0.05) is 11.6 Å². The van der Waals surface area contributed by atoms with Crippen molar-refractivity contribution in [1.82, 2.24) is 10.2 Å². The van der Waals surface area contributed by atoms with Crippen molar-refractivity contribution in [3.05, 3.63) is 34.7 Å². The van der Waals surface area contributed by atoms with Gasteiger partial charge in [0.1, 0.15) is 5.52 Å². The highest BCUT2D eigenvalue weighted by atomic mass is 35.5. The fourth-order valence-electron chi connectivity index (χ4n) is 1.21. The molecule has 0 N–H and O–H groups in total. The van der Waals surface area contributed by atoms with Gasteiger partial charge in [-0.3, -0.25) is 0 Å². The van der Waals surface area contributed by atoms with E-state index in [0.29, 0.717) is 10.4 Å². The van der Waals surface area contributed by atoms with Crippen LogP contribution in [0.1, 0.15) is 5.56 Å². The van der Waals surface area contributed by atoms with Gasteiger partial charge in [0.15, 0.2) is 5.82 Å². The molecule has 0 bridgehead atoms. The van der Waals surface area contributed by atoms with Crippen LogP contribution in [0.15, 0.2) is 18.3 Å². The van der Waals surface area contributed by atoms with Crippen LogP contribution in [0.3, 0.4) is 0 Å². The van der Waals surface area contributed by atoms with Gasteiger partial charge in [0, 0.05) is 10.4 Å². The Morgan fingerprint density at radius 2 is 2.15 bits per heavy atom. The van der Waals surface area contributed by atoms with Crippen molar-refractivity contribution in [3.8, 4) is 0 Å². The van der Waals surface area contributed by atoms with Crippen LogP contribution in [0.5, 0.6) is 0 Å². The van der Waals surface area contributed by atoms with Crippen molar-refractivity contribution in [1.29, 1.82) is 0 Å². The molecule has 0 radical (unpaired) electrons. The summed E-state index contributed by atoms with van der Waals surface area (Å²) in [5, 5.41) is 8.45. The third-order valence-electron chi connectivity index (χ3n) is 1.86. The second kappa shape index (κ2) is 2.92. The van der Waals surface area contributed by atoms with E-state index in [1.807, 2.05) is 6.92 Å². The van der Waals surface area contributed by atoms with Gasteiger partial charge in [-0.25, -0.2) is 4.39 Å². The maximum atomic E-state index is 13.2. The van der Waals surface area contributed by atoms with Gasteiger partial charge in [-0.2, -0.15) is 5.10 Å². The van der Waals surface area contributed by atoms with Crippen molar-refractivity contribution >= 4 is 22.5 Å². The molecule has 2 nitrogen and oxygen atoms in total. The predicted molar refractivity (Wildman–Crippen MR) is 49.2 cm³/mol. The summed E-state index contributed by atoms with van der Waals surface area (Å²) in [6.45, 7) is 1.84. The first-order valence-corrected chi connectivity index (χ1v) is 4.13. The number of aromatic nitrogens is 2. The molecule has 0 unspecified atom stereocenters. The highest BCUT2D eigenvalue weighted by molar-refractivity contribution is 6.31. The molecule has 1 heterocycles. The van der Waals surface area contributed by atoms with Crippen LogP contribution in [0.4, 0.5) is 4.39 Å². The van der Waals surface area contributed by atoms with Crippen LogP contribution in [0, 0.1) is 12.7 Å². The summed E-state index contributed by atoms with van der Waals surface area (Å²) in [4.78, 5) is 0. The number of aryl methyl sites for hydroxylation is 1. The summed E-state index contributed by atoms with van der Waals surface area (Å²) < 4.78 is 13.2. The molecule has 1 aromatic heterocycles. The van der Waals surface area contributed by atoms with Crippen LogP contribution in [0.25, 0.3) is 10.9 Å². The highest BCUT2D eigenvalue weighted by Gasteiger charge is 2.06. The fraction of sp³-hybridized carbons (Fsp3) is 0.111. The first-order valence-electron chi connectivity index (χ1n) is 3.75. The molecule has 0 atom stereocenters. The van der Waals surface area contributed by atoms with Gasteiger partial charge in [0.05, 0.1) is 6.20 Å². The largest absolute Gasteiger partial charge is 0.204 e. The zero-order valence-corrected chi connectivity index (χ0v) is 7.64. The van der Waals surface area contributed by atoms with Crippen LogP contribution in [0.2, 0.25) is 5.02 Å². The van der Waals surface area contributed by atoms with Crippen molar-refractivity contribution in [2.75, 3.05) is 0 Å². The van der Waals surface area contributed by atoms with E-state index in [-0.39, 0.29) is 5.52 Å². The number of benzene rings is 1. The maximum Gasteiger partial charge on any atom is 0.152 e. The fourth-order valence-corrected chi connectivity index (χ4v) is 1.42. The molecule has 0 spiro atoms. The maximum absolute atomic E-state index is 13.2. The summed E-state index contributed by atoms with van der Waals surface area (Å²) in [7, 11) is 0. The molecule has 0 fully saturated rings. The van der Waals surface area contributed by atoms with Crippen molar-refractivity contribution < 1.29 is 4.39 Å². The third kappa shape index (κ3) is 1.35. The summed E-state index contributed by atoms with van der Waals surface area (Å²) in [5.74, 6) is -0.432. The highest BCUT2D eigenvalue weighted by Crippen LogP contribution is 2.22. The minimum Gasteiger partial charge on any atom is -0.204 e. The topological polar surface area (TPSA) is 25.8 Å². The Bertz CT molecular complexity index is 470. The molecule has 2 aromatic rings. The van der Waals surface area contributed by atoms with Crippen LogP contribution < -0.4 is 0 Å². The molecule has 4 heteroatoms. The molecule has 0 aliphatic rings. The summed E-state index contributed by atoms with van der Waals surface area (Å²) >= 11 is 5.71. The SMILES string of the molecule is Cc1cnnc2c(F)cc(Cl)cc12. The molecular weight excluding hydrogens is 191 g/mol. The number of hydrogen-bond acceptors (Lipinski definition) is 2. The van der Waals surface area contributed by atoms with Gasteiger partial charge >= 0.3 is 0 Å². The van der Waals surface area contributed by atoms with E-state index >= 15 is 0 Å². The number of hydrogen-bond donors (Lipinski definition) is 0. The monoisotopic (exact) mass is 196 g/mol. The van der Waals surface area contributed by atoms with E-state index < -0.39 is 5.82 Å². The summed E-state index contributed by atoms with van der Waals surface area (Å²) in [6, 6.07) is 2.92. The van der Waals surface area contributed by atoms with Crippen molar-refractivity contribution in [2.45, 2.75) is 6.92 Å².